The minimum Gasteiger partial charge on any atom is -0.246 e. The summed E-state index contributed by atoms with van der Waals surface area (Å²) in [6.45, 7) is 2.25. The highest BCUT2D eigenvalue weighted by atomic mass is 32.2. The maximum absolute atomic E-state index is 12.6. The molecule has 0 aliphatic heterocycles. The molecule has 4 aromatic rings. The molecule has 0 aliphatic rings. The van der Waals surface area contributed by atoms with Gasteiger partial charge in [-0.25, -0.2) is 14.7 Å². The van der Waals surface area contributed by atoms with Crippen molar-refractivity contribution in [3.8, 4) is 0 Å². The van der Waals surface area contributed by atoms with Gasteiger partial charge >= 0.3 is 10.2 Å². The summed E-state index contributed by atoms with van der Waals surface area (Å²) >= 11 is 2.93. The van der Waals surface area contributed by atoms with Crippen molar-refractivity contribution in [1.82, 2.24) is 14.3 Å². The number of nitrogens with one attached hydrogen (secondary N) is 1. The van der Waals surface area contributed by atoms with Crippen molar-refractivity contribution in [2.75, 3.05) is 11.8 Å². The predicted octanol–water partition coefficient (Wildman–Crippen LogP) is 4.00. The number of hydrogen-bond donors (Lipinski definition) is 1. The Morgan fingerprint density at radius 1 is 1.00 bits per heavy atom. The summed E-state index contributed by atoms with van der Waals surface area (Å²) in [5.74, 6) is 0. The molecule has 9 heteroatoms. The second kappa shape index (κ2) is 6.58. The van der Waals surface area contributed by atoms with E-state index in [0.717, 1.165) is 31.0 Å². The van der Waals surface area contributed by atoms with E-state index in [-0.39, 0.29) is 0 Å². The van der Waals surface area contributed by atoms with E-state index in [1.165, 1.54) is 15.6 Å². The van der Waals surface area contributed by atoms with Crippen molar-refractivity contribution in [2.24, 2.45) is 0 Å². The molecule has 0 saturated heterocycles. The Hall–Kier alpha value is -2.07. The van der Waals surface area contributed by atoms with Crippen molar-refractivity contribution in [1.29, 1.82) is 0 Å². The molecule has 0 unspecified atom stereocenters. The van der Waals surface area contributed by atoms with Gasteiger partial charge in [-0.2, -0.15) is 12.7 Å². The van der Waals surface area contributed by atoms with Crippen LogP contribution in [-0.2, 0) is 16.8 Å². The zero-order valence-electron chi connectivity index (χ0n) is 14.1. The monoisotopic (exact) mass is 404 g/mol. The summed E-state index contributed by atoms with van der Waals surface area (Å²) < 4.78 is 31.1. The van der Waals surface area contributed by atoms with E-state index in [4.69, 9.17) is 0 Å². The van der Waals surface area contributed by atoms with Crippen LogP contribution in [0.5, 0.6) is 0 Å². The SMILES string of the molecule is Cc1nc2ccc3nc(NS(=O)(=O)N(C)Cc4ccccc4)sc3c2s1. The molecular weight excluding hydrogens is 388 g/mol. The fourth-order valence-electron chi connectivity index (χ4n) is 2.64. The molecule has 0 amide bonds. The van der Waals surface area contributed by atoms with E-state index >= 15 is 0 Å². The first-order valence-electron chi connectivity index (χ1n) is 7.87. The molecule has 1 N–H and O–H groups in total. The third-order valence-corrected chi connectivity index (χ3v) is 7.56. The number of fused-ring (bicyclic) bond motifs is 3. The molecule has 6 nitrogen and oxygen atoms in total. The highest BCUT2D eigenvalue weighted by Crippen LogP contribution is 2.36. The first kappa shape index (κ1) is 17.3. The van der Waals surface area contributed by atoms with E-state index in [2.05, 4.69) is 14.7 Å². The highest BCUT2D eigenvalue weighted by molar-refractivity contribution is 7.90. The Morgan fingerprint density at radius 2 is 1.65 bits per heavy atom. The molecular formula is C17H16N4O2S3. The third-order valence-electron chi connectivity index (χ3n) is 3.89. The van der Waals surface area contributed by atoms with Crippen LogP contribution in [0.25, 0.3) is 20.4 Å². The number of nitrogens with zero attached hydrogens (tertiary/aromatic N) is 3. The number of rotatable bonds is 5. The summed E-state index contributed by atoms with van der Waals surface area (Å²) in [6, 6.07) is 13.3. The maximum atomic E-state index is 12.6. The highest BCUT2D eigenvalue weighted by Gasteiger charge is 2.20. The summed E-state index contributed by atoms with van der Waals surface area (Å²) in [5, 5.41) is 1.34. The van der Waals surface area contributed by atoms with Gasteiger partial charge in [0.05, 0.1) is 25.4 Å². The van der Waals surface area contributed by atoms with E-state index in [1.807, 2.05) is 49.4 Å². The van der Waals surface area contributed by atoms with Crippen LogP contribution in [0, 0.1) is 6.92 Å². The van der Waals surface area contributed by atoms with E-state index < -0.39 is 10.2 Å². The van der Waals surface area contributed by atoms with Crippen molar-refractivity contribution in [3.05, 3.63) is 53.0 Å². The standard InChI is InChI=1S/C17H16N4O2S3/c1-11-18-13-8-9-14-16(15(13)24-11)25-17(19-14)20-26(22,23)21(2)10-12-6-4-3-5-7-12/h3-9H,10H2,1-2H3,(H,19,20). The molecule has 2 aromatic heterocycles. The lowest BCUT2D eigenvalue weighted by Crippen LogP contribution is -2.32. The van der Waals surface area contributed by atoms with Crippen LogP contribution in [0.3, 0.4) is 0 Å². The van der Waals surface area contributed by atoms with Crippen molar-refractivity contribution >= 4 is 58.4 Å². The van der Waals surface area contributed by atoms with Crippen LogP contribution in [-0.4, -0.2) is 29.7 Å². The van der Waals surface area contributed by atoms with Crippen LogP contribution in [0.4, 0.5) is 5.13 Å². The molecule has 0 radical (unpaired) electrons. The van der Waals surface area contributed by atoms with Crippen molar-refractivity contribution < 1.29 is 8.42 Å². The second-order valence-electron chi connectivity index (χ2n) is 5.86. The number of hydrogen-bond acceptors (Lipinski definition) is 6. The molecule has 0 atom stereocenters. The first-order valence-corrected chi connectivity index (χ1v) is 10.9. The molecule has 2 heterocycles. The summed E-state index contributed by atoms with van der Waals surface area (Å²) in [6.07, 6.45) is 0. The Labute approximate surface area is 159 Å². The number of thiazole rings is 2. The smallest absolute Gasteiger partial charge is 0.246 e. The van der Waals surface area contributed by atoms with E-state index in [0.29, 0.717) is 11.7 Å². The van der Waals surface area contributed by atoms with Gasteiger partial charge in [0.2, 0.25) is 0 Å². The fourth-order valence-corrected chi connectivity index (χ4v) is 5.72. The van der Waals surface area contributed by atoms with Crippen LogP contribution in [0.2, 0.25) is 0 Å². The fraction of sp³-hybridized carbons (Fsp3) is 0.176. The van der Waals surface area contributed by atoms with Gasteiger partial charge in [-0.05, 0) is 24.6 Å². The Morgan fingerprint density at radius 3 is 2.38 bits per heavy atom. The molecule has 26 heavy (non-hydrogen) atoms. The second-order valence-corrected chi connectivity index (χ2v) is 9.84. The quantitative estimate of drug-likeness (QED) is 0.545. The van der Waals surface area contributed by atoms with Gasteiger partial charge in [0.15, 0.2) is 5.13 Å². The number of anilines is 1. The van der Waals surface area contributed by atoms with Gasteiger partial charge in [0.1, 0.15) is 0 Å². The zero-order valence-corrected chi connectivity index (χ0v) is 16.6. The van der Waals surface area contributed by atoms with E-state index in [9.17, 15) is 8.42 Å². The van der Waals surface area contributed by atoms with Gasteiger partial charge in [-0.1, -0.05) is 41.7 Å². The predicted molar refractivity (Wildman–Crippen MR) is 108 cm³/mol. The van der Waals surface area contributed by atoms with Crippen LogP contribution in [0.15, 0.2) is 42.5 Å². The van der Waals surface area contributed by atoms with Gasteiger partial charge < -0.3 is 0 Å². The molecule has 2 aromatic carbocycles. The molecule has 0 aliphatic carbocycles. The van der Waals surface area contributed by atoms with Crippen molar-refractivity contribution in [3.63, 3.8) is 0 Å². The van der Waals surface area contributed by atoms with Crippen LogP contribution in [0.1, 0.15) is 10.6 Å². The van der Waals surface area contributed by atoms with Crippen LogP contribution >= 0.6 is 22.7 Å². The molecule has 0 fully saturated rings. The number of benzene rings is 2. The normalized spacial score (nSPS) is 12.3. The Bertz CT molecular complexity index is 1180. The Kier molecular flexibility index (Phi) is 4.39. The zero-order chi connectivity index (χ0) is 18.3. The van der Waals surface area contributed by atoms with Crippen molar-refractivity contribution in [2.45, 2.75) is 13.5 Å². The summed E-state index contributed by atoms with van der Waals surface area (Å²) in [7, 11) is -2.14. The minimum atomic E-state index is -3.69. The third kappa shape index (κ3) is 3.30. The largest absolute Gasteiger partial charge is 0.303 e. The lowest BCUT2D eigenvalue weighted by atomic mass is 10.2. The lowest BCUT2D eigenvalue weighted by Gasteiger charge is -2.17. The minimum absolute atomic E-state index is 0.291. The average molecular weight is 405 g/mol. The molecule has 0 spiro atoms. The lowest BCUT2D eigenvalue weighted by molar-refractivity contribution is 0.471. The molecule has 0 bridgehead atoms. The maximum Gasteiger partial charge on any atom is 0.303 e. The van der Waals surface area contributed by atoms with Gasteiger partial charge in [-0.15, -0.1) is 11.3 Å². The summed E-state index contributed by atoms with van der Waals surface area (Å²) in [4.78, 5) is 8.90. The van der Waals surface area contributed by atoms with Gasteiger partial charge in [0, 0.05) is 13.6 Å². The molecule has 0 saturated carbocycles. The number of aryl methyl sites for hydroxylation is 1. The molecule has 4 rings (SSSR count). The first-order chi connectivity index (χ1) is 12.4. The molecule has 134 valence electrons. The van der Waals surface area contributed by atoms with Gasteiger partial charge in [-0.3, -0.25) is 0 Å². The topological polar surface area (TPSA) is 75.2 Å². The van der Waals surface area contributed by atoms with Crippen LogP contribution < -0.4 is 4.72 Å². The number of aromatic nitrogens is 2. The van der Waals surface area contributed by atoms with E-state index in [1.54, 1.807) is 18.4 Å². The average Bonchev–Trinajstić information content (AvgIpc) is 3.17. The Balaban J connectivity index is 1.62. The summed E-state index contributed by atoms with van der Waals surface area (Å²) in [5.41, 5.74) is 2.61. The van der Waals surface area contributed by atoms with Gasteiger partial charge in [0.25, 0.3) is 0 Å².